The van der Waals surface area contributed by atoms with E-state index in [1.165, 1.54) is 12.1 Å². The minimum absolute atomic E-state index is 0.170. The molecule has 0 N–H and O–H groups in total. The first kappa shape index (κ1) is 11.6. The predicted molar refractivity (Wildman–Crippen MR) is 64.3 cm³/mol. The second kappa shape index (κ2) is 4.95. The van der Waals surface area contributed by atoms with E-state index in [1.54, 1.807) is 17.0 Å². The van der Waals surface area contributed by atoms with Crippen molar-refractivity contribution in [1.29, 1.82) is 0 Å². The molecule has 1 aliphatic rings. The highest BCUT2D eigenvalue weighted by atomic mass is 79.9. The average molecular weight is 286 g/mol. The Bertz CT molecular complexity index is 396. The van der Waals surface area contributed by atoms with Crippen LogP contribution in [0.15, 0.2) is 24.3 Å². The quantitative estimate of drug-likeness (QED) is 0.727. The molecule has 1 heterocycles. The second-order valence-electron chi connectivity index (χ2n) is 3.97. The fourth-order valence-corrected chi connectivity index (χ4v) is 2.59. The maximum Gasteiger partial charge on any atom is 0.256 e. The second-order valence-corrected chi connectivity index (χ2v) is 5.27. The van der Waals surface area contributed by atoms with Gasteiger partial charge in [0.05, 0.1) is 5.56 Å². The summed E-state index contributed by atoms with van der Waals surface area (Å²) in [4.78, 5) is 14.1. The van der Waals surface area contributed by atoms with Crippen LogP contribution in [0.2, 0.25) is 0 Å². The molecule has 2 nitrogen and oxygen atoms in total. The Kier molecular flexibility index (Phi) is 3.59. The van der Waals surface area contributed by atoms with Gasteiger partial charge >= 0.3 is 0 Å². The maximum absolute atomic E-state index is 13.4. The molecule has 1 unspecified atom stereocenters. The van der Waals surface area contributed by atoms with Gasteiger partial charge in [0, 0.05) is 17.9 Å². The minimum Gasteiger partial charge on any atom is -0.337 e. The van der Waals surface area contributed by atoms with Gasteiger partial charge in [-0.25, -0.2) is 4.39 Å². The third-order valence-corrected chi connectivity index (χ3v) is 3.50. The number of amides is 1. The van der Waals surface area contributed by atoms with Crippen LogP contribution >= 0.6 is 15.9 Å². The zero-order valence-corrected chi connectivity index (χ0v) is 10.4. The molecule has 1 aromatic rings. The molecule has 0 aliphatic carbocycles. The van der Waals surface area contributed by atoms with Gasteiger partial charge in [0.25, 0.3) is 5.91 Å². The van der Waals surface area contributed by atoms with Crippen molar-refractivity contribution >= 4 is 21.8 Å². The van der Waals surface area contributed by atoms with Crippen molar-refractivity contribution < 1.29 is 9.18 Å². The molecule has 0 bridgehead atoms. The minimum atomic E-state index is -0.441. The van der Waals surface area contributed by atoms with Gasteiger partial charge in [-0.3, -0.25) is 4.79 Å². The van der Waals surface area contributed by atoms with Gasteiger partial charge in [0.2, 0.25) is 0 Å². The third kappa shape index (κ3) is 2.43. The summed E-state index contributed by atoms with van der Waals surface area (Å²) in [6.07, 6.45) is 2.04. The van der Waals surface area contributed by atoms with E-state index in [-0.39, 0.29) is 11.5 Å². The number of likely N-dealkylation sites (tertiary alicyclic amines) is 1. The number of halogens is 2. The van der Waals surface area contributed by atoms with Crippen molar-refractivity contribution in [3.8, 4) is 0 Å². The summed E-state index contributed by atoms with van der Waals surface area (Å²) in [5.41, 5.74) is 0.170. The zero-order valence-electron chi connectivity index (χ0n) is 8.83. The molecule has 2 rings (SSSR count). The molecule has 0 spiro atoms. The molecule has 4 heteroatoms. The summed E-state index contributed by atoms with van der Waals surface area (Å²) >= 11 is 3.50. The molecule has 0 aromatic heterocycles. The van der Waals surface area contributed by atoms with Crippen LogP contribution in [0.25, 0.3) is 0 Å². The van der Waals surface area contributed by atoms with Crippen LogP contribution < -0.4 is 0 Å². The van der Waals surface area contributed by atoms with Crippen molar-refractivity contribution in [2.24, 2.45) is 0 Å². The Morgan fingerprint density at radius 1 is 1.44 bits per heavy atom. The van der Waals surface area contributed by atoms with E-state index in [2.05, 4.69) is 15.9 Å². The van der Waals surface area contributed by atoms with Crippen LogP contribution in [-0.4, -0.2) is 28.7 Å². The average Bonchev–Trinajstić information content (AvgIpc) is 2.29. The number of carbonyl (C=O) groups excluding carboxylic acids is 1. The fraction of sp³-hybridized carbons (Fsp3) is 0.417. The van der Waals surface area contributed by atoms with Crippen LogP contribution in [0.3, 0.4) is 0 Å². The van der Waals surface area contributed by atoms with Crippen molar-refractivity contribution in [3.63, 3.8) is 0 Å². The number of rotatable bonds is 1. The zero-order chi connectivity index (χ0) is 11.5. The number of carbonyl (C=O) groups is 1. The largest absolute Gasteiger partial charge is 0.337 e. The molecule has 1 fully saturated rings. The van der Waals surface area contributed by atoms with Gasteiger partial charge in [-0.2, -0.15) is 0 Å². The van der Waals surface area contributed by atoms with E-state index in [0.29, 0.717) is 11.4 Å². The summed E-state index contributed by atoms with van der Waals surface area (Å²) in [6, 6.07) is 6.14. The summed E-state index contributed by atoms with van der Waals surface area (Å²) in [6.45, 7) is 1.38. The Morgan fingerprint density at radius 2 is 2.19 bits per heavy atom. The number of benzene rings is 1. The number of piperidine rings is 1. The lowest BCUT2D eigenvalue weighted by Crippen LogP contribution is -2.40. The van der Waals surface area contributed by atoms with Crippen LogP contribution in [0, 0.1) is 5.82 Å². The fourth-order valence-electron chi connectivity index (χ4n) is 1.91. The number of alkyl halides is 1. The lowest BCUT2D eigenvalue weighted by Gasteiger charge is -2.30. The first-order valence-corrected chi connectivity index (χ1v) is 6.28. The van der Waals surface area contributed by atoms with Crippen LogP contribution in [0.4, 0.5) is 4.39 Å². The number of hydrogen-bond donors (Lipinski definition) is 0. The summed E-state index contributed by atoms with van der Waals surface area (Å²) < 4.78 is 13.4. The van der Waals surface area contributed by atoms with Gasteiger partial charge in [-0.15, -0.1) is 0 Å². The highest BCUT2D eigenvalue weighted by molar-refractivity contribution is 9.09. The first-order chi connectivity index (χ1) is 7.68. The molecule has 1 amide bonds. The van der Waals surface area contributed by atoms with E-state index in [1.807, 2.05) is 0 Å². The predicted octanol–water partition coefficient (Wildman–Crippen LogP) is 2.83. The van der Waals surface area contributed by atoms with E-state index in [4.69, 9.17) is 0 Å². The molecular formula is C12H13BrFNO. The monoisotopic (exact) mass is 285 g/mol. The lowest BCUT2D eigenvalue weighted by molar-refractivity contribution is 0.0725. The van der Waals surface area contributed by atoms with Crippen LogP contribution in [0.5, 0.6) is 0 Å². The lowest BCUT2D eigenvalue weighted by atomic mass is 10.1. The molecule has 0 saturated carbocycles. The standard InChI is InChI=1S/C12H13BrFNO/c13-9-4-3-7-15(8-9)12(16)10-5-1-2-6-11(10)14/h1-2,5-6,9H,3-4,7-8H2. The molecule has 1 aliphatic heterocycles. The number of nitrogens with zero attached hydrogens (tertiary/aromatic N) is 1. The van der Waals surface area contributed by atoms with Gasteiger partial charge in [-0.1, -0.05) is 28.1 Å². The Morgan fingerprint density at radius 3 is 2.88 bits per heavy atom. The van der Waals surface area contributed by atoms with Gasteiger partial charge in [0.15, 0.2) is 0 Å². The van der Waals surface area contributed by atoms with E-state index >= 15 is 0 Å². The molecule has 1 saturated heterocycles. The van der Waals surface area contributed by atoms with Crippen LogP contribution in [-0.2, 0) is 0 Å². The normalized spacial score (nSPS) is 20.9. The Balaban J connectivity index is 2.16. The molecule has 1 atom stereocenters. The highest BCUT2D eigenvalue weighted by Gasteiger charge is 2.24. The van der Waals surface area contributed by atoms with Gasteiger partial charge in [0.1, 0.15) is 5.82 Å². The van der Waals surface area contributed by atoms with Gasteiger partial charge in [-0.05, 0) is 25.0 Å². The summed E-state index contributed by atoms with van der Waals surface area (Å²) in [5.74, 6) is -0.647. The first-order valence-electron chi connectivity index (χ1n) is 5.36. The molecule has 1 aromatic carbocycles. The molecule has 16 heavy (non-hydrogen) atoms. The molecular weight excluding hydrogens is 273 g/mol. The van der Waals surface area contributed by atoms with E-state index < -0.39 is 5.82 Å². The van der Waals surface area contributed by atoms with E-state index in [9.17, 15) is 9.18 Å². The topological polar surface area (TPSA) is 20.3 Å². The summed E-state index contributed by atoms with van der Waals surface area (Å²) in [5, 5.41) is 0. The number of hydrogen-bond acceptors (Lipinski definition) is 1. The Hall–Kier alpha value is -0.900. The van der Waals surface area contributed by atoms with Crippen molar-refractivity contribution in [3.05, 3.63) is 35.6 Å². The third-order valence-electron chi connectivity index (χ3n) is 2.76. The SMILES string of the molecule is O=C(c1ccccc1F)N1CCCC(Br)C1. The summed E-state index contributed by atoms with van der Waals surface area (Å²) in [7, 11) is 0. The maximum atomic E-state index is 13.4. The van der Waals surface area contributed by atoms with Crippen molar-refractivity contribution in [2.45, 2.75) is 17.7 Å². The molecule has 0 radical (unpaired) electrons. The van der Waals surface area contributed by atoms with Crippen LogP contribution in [0.1, 0.15) is 23.2 Å². The smallest absolute Gasteiger partial charge is 0.256 e. The highest BCUT2D eigenvalue weighted by Crippen LogP contribution is 2.19. The van der Waals surface area contributed by atoms with Crippen molar-refractivity contribution in [2.75, 3.05) is 13.1 Å². The molecule has 86 valence electrons. The van der Waals surface area contributed by atoms with E-state index in [0.717, 1.165) is 19.4 Å². The Labute approximate surface area is 103 Å². The van der Waals surface area contributed by atoms with Crippen molar-refractivity contribution in [1.82, 2.24) is 4.90 Å². The van der Waals surface area contributed by atoms with Gasteiger partial charge < -0.3 is 4.90 Å².